The lowest BCUT2D eigenvalue weighted by Gasteiger charge is -2.13. The molecule has 0 saturated heterocycles. The van der Waals surface area contributed by atoms with Crippen molar-refractivity contribution < 1.29 is 9.53 Å². The van der Waals surface area contributed by atoms with E-state index in [2.05, 4.69) is 27.2 Å². The first-order chi connectivity index (χ1) is 12.4. The van der Waals surface area contributed by atoms with Crippen molar-refractivity contribution >= 4 is 39.1 Å². The number of nitrogens with zero attached hydrogens (tertiary/aromatic N) is 3. The second kappa shape index (κ2) is 7.12. The van der Waals surface area contributed by atoms with Gasteiger partial charge in [0.25, 0.3) is 5.91 Å². The molecule has 0 bridgehead atoms. The average Bonchev–Trinajstić information content (AvgIpc) is 2.98. The summed E-state index contributed by atoms with van der Waals surface area (Å²) in [7, 11) is 1.55. The molecule has 3 heterocycles. The highest BCUT2D eigenvalue weighted by Gasteiger charge is 2.21. The Morgan fingerprint density at radius 2 is 2.15 bits per heavy atom. The molecule has 5 N–H and O–H groups in total. The summed E-state index contributed by atoms with van der Waals surface area (Å²) < 4.78 is 5.10. The van der Waals surface area contributed by atoms with E-state index in [0.717, 1.165) is 23.3 Å². The molecule has 0 aliphatic carbocycles. The fraction of sp³-hybridized carbons (Fsp3) is 0.294. The first-order valence-electron chi connectivity index (χ1n) is 8.11. The summed E-state index contributed by atoms with van der Waals surface area (Å²) >= 11 is 1.16. The molecule has 3 aromatic rings. The van der Waals surface area contributed by atoms with Gasteiger partial charge < -0.3 is 21.5 Å². The normalized spacial score (nSPS) is 12.1. The number of aromatic nitrogens is 3. The zero-order valence-electron chi connectivity index (χ0n) is 14.7. The van der Waals surface area contributed by atoms with E-state index in [0.29, 0.717) is 33.4 Å². The first kappa shape index (κ1) is 17.9. The predicted molar refractivity (Wildman–Crippen MR) is 104 cm³/mol. The van der Waals surface area contributed by atoms with Crippen LogP contribution in [0.2, 0.25) is 0 Å². The standard InChI is InChI=1S/C17H20N6O2S/c1-4-8(2)21-17-22-13(9-5-6-10(25-3)20-7-9)11-12(18)14(15(19)24)26-16(11)23-17/h5-8H,4,18H2,1-3H3,(H2,19,24)(H,21,22,23). The average molecular weight is 372 g/mol. The van der Waals surface area contributed by atoms with Crippen LogP contribution in [0.25, 0.3) is 21.5 Å². The maximum Gasteiger partial charge on any atom is 0.260 e. The molecule has 3 rings (SSSR count). The molecule has 0 radical (unpaired) electrons. The Labute approximate surface area is 154 Å². The molecule has 0 fully saturated rings. The third kappa shape index (κ3) is 3.25. The largest absolute Gasteiger partial charge is 0.481 e. The summed E-state index contributed by atoms with van der Waals surface area (Å²) in [6.45, 7) is 4.11. The molecule has 3 aromatic heterocycles. The zero-order valence-corrected chi connectivity index (χ0v) is 15.6. The molecule has 0 saturated carbocycles. The zero-order chi connectivity index (χ0) is 18.8. The van der Waals surface area contributed by atoms with E-state index in [1.165, 1.54) is 0 Å². The third-order valence-corrected chi connectivity index (χ3v) is 5.13. The van der Waals surface area contributed by atoms with Crippen LogP contribution in [-0.4, -0.2) is 34.0 Å². The van der Waals surface area contributed by atoms with E-state index >= 15 is 0 Å². The van der Waals surface area contributed by atoms with Gasteiger partial charge >= 0.3 is 0 Å². The summed E-state index contributed by atoms with van der Waals surface area (Å²) in [6, 6.07) is 3.77. The Hall–Kier alpha value is -2.94. The van der Waals surface area contributed by atoms with Gasteiger partial charge in [0.15, 0.2) is 0 Å². The van der Waals surface area contributed by atoms with Crippen molar-refractivity contribution in [3.05, 3.63) is 23.2 Å². The number of methoxy groups -OCH3 is 1. The van der Waals surface area contributed by atoms with Crippen LogP contribution in [0.1, 0.15) is 29.9 Å². The molecule has 9 heteroatoms. The third-order valence-electron chi connectivity index (χ3n) is 4.02. The highest BCUT2D eigenvalue weighted by atomic mass is 32.1. The number of rotatable bonds is 6. The minimum Gasteiger partial charge on any atom is -0.481 e. The number of nitrogen functional groups attached to an aromatic ring is 1. The maximum absolute atomic E-state index is 11.7. The Bertz CT molecular complexity index is 954. The second-order valence-electron chi connectivity index (χ2n) is 5.83. The van der Waals surface area contributed by atoms with E-state index in [-0.39, 0.29) is 10.9 Å². The van der Waals surface area contributed by atoms with E-state index in [9.17, 15) is 4.79 Å². The molecule has 0 aliphatic heterocycles. The van der Waals surface area contributed by atoms with E-state index in [1.54, 1.807) is 19.4 Å². The molecule has 0 aromatic carbocycles. The Balaban J connectivity index is 2.23. The van der Waals surface area contributed by atoms with Gasteiger partial charge in [0.1, 0.15) is 9.71 Å². The Morgan fingerprint density at radius 3 is 2.73 bits per heavy atom. The molecule has 1 atom stereocenters. The van der Waals surface area contributed by atoms with Gasteiger partial charge in [-0.3, -0.25) is 4.79 Å². The first-order valence-corrected chi connectivity index (χ1v) is 8.93. The molecular formula is C17H20N6O2S. The van der Waals surface area contributed by atoms with Crippen LogP contribution in [0.15, 0.2) is 18.3 Å². The monoisotopic (exact) mass is 372 g/mol. The maximum atomic E-state index is 11.7. The Morgan fingerprint density at radius 1 is 1.38 bits per heavy atom. The number of ether oxygens (including phenoxy) is 1. The summed E-state index contributed by atoms with van der Waals surface area (Å²) in [4.78, 5) is 25.9. The number of nitrogens with two attached hydrogens (primary N) is 2. The number of carbonyl (C=O) groups excluding carboxylic acids is 1. The molecule has 136 valence electrons. The minimum absolute atomic E-state index is 0.196. The van der Waals surface area contributed by atoms with Crippen LogP contribution in [0.3, 0.4) is 0 Å². The lowest BCUT2D eigenvalue weighted by atomic mass is 10.1. The number of hydrogen-bond donors (Lipinski definition) is 3. The molecule has 1 amide bonds. The van der Waals surface area contributed by atoms with Crippen LogP contribution >= 0.6 is 11.3 Å². The van der Waals surface area contributed by atoms with Gasteiger partial charge in [0.2, 0.25) is 11.8 Å². The number of amides is 1. The number of anilines is 2. The van der Waals surface area contributed by atoms with Crippen molar-refractivity contribution in [3.8, 4) is 17.1 Å². The lowest BCUT2D eigenvalue weighted by Crippen LogP contribution is -2.15. The minimum atomic E-state index is -0.583. The van der Waals surface area contributed by atoms with Crippen LogP contribution < -0.4 is 21.5 Å². The van der Waals surface area contributed by atoms with Crippen molar-refractivity contribution in [2.45, 2.75) is 26.3 Å². The summed E-state index contributed by atoms with van der Waals surface area (Å²) in [5, 5.41) is 3.86. The number of fused-ring (bicyclic) bond motifs is 1. The van der Waals surface area contributed by atoms with Crippen molar-refractivity contribution in [3.63, 3.8) is 0 Å². The molecule has 26 heavy (non-hydrogen) atoms. The van der Waals surface area contributed by atoms with Crippen LogP contribution in [0, 0.1) is 0 Å². The fourth-order valence-corrected chi connectivity index (χ4v) is 3.39. The van der Waals surface area contributed by atoms with Gasteiger partial charge in [-0.15, -0.1) is 11.3 Å². The van der Waals surface area contributed by atoms with Crippen LogP contribution in [0.5, 0.6) is 5.88 Å². The Kier molecular flexibility index (Phi) is 4.90. The SMILES string of the molecule is CCC(C)Nc1nc(-c2ccc(OC)nc2)c2c(N)c(C(N)=O)sc2n1. The van der Waals surface area contributed by atoms with Crippen molar-refractivity contribution in [1.82, 2.24) is 15.0 Å². The number of thiophene rings is 1. The van der Waals surface area contributed by atoms with Gasteiger partial charge in [-0.25, -0.2) is 15.0 Å². The molecule has 0 spiro atoms. The van der Waals surface area contributed by atoms with Gasteiger partial charge in [-0.05, 0) is 19.4 Å². The van der Waals surface area contributed by atoms with Crippen LogP contribution in [-0.2, 0) is 0 Å². The van der Waals surface area contributed by atoms with Crippen molar-refractivity contribution in [2.75, 3.05) is 18.2 Å². The fourth-order valence-electron chi connectivity index (χ4n) is 2.44. The van der Waals surface area contributed by atoms with E-state index < -0.39 is 5.91 Å². The topological polar surface area (TPSA) is 129 Å². The summed E-state index contributed by atoms with van der Waals surface area (Å²) in [5.41, 5.74) is 13.2. The second-order valence-corrected chi connectivity index (χ2v) is 6.83. The highest BCUT2D eigenvalue weighted by Crippen LogP contribution is 2.38. The van der Waals surface area contributed by atoms with Crippen molar-refractivity contribution in [1.29, 1.82) is 0 Å². The van der Waals surface area contributed by atoms with Crippen LogP contribution in [0.4, 0.5) is 11.6 Å². The smallest absolute Gasteiger partial charge is 0.260 e. The quantitative estimate of drug-likeness (QED) is 0.606. The number of primary amides is 1. The molecule has 0 aliphatic rings. The predicted octanol–water partition coefficient (Wildman–Crippen LogP) is 2.65. The number of pyridine rings is 1. The van der Waals surface area contributed by atoms with Gasteiger partial charge in [0.05, 0.1) is 23.9 Å². The van der Waals surface area contributed by atoms with E-state index in [4.69, 9.17) is 16.2 Å². The highest BCUT2D eigenvalue weighted by molar-refractivity contribution is 7.21. The van der Waals surface area contributed by atoms with E-state index in [1.807, 2.05) is 13.0 Å². The number of carbonyl (C=O) groups is 1. The molecule has 8 nitrogen and oxygen atoms in total. The lowest BCUT2D eigenvalue weighted by molar-refractivity contribution is 0.100. The summed E-state index contributed by atoms with van der Waals surface area (Å²) in [6.07, 6.45) is 2.56. The molecular weight excluding hydrogens is 352 g/mol. The van der Waals surface area contributed by atoms with Crippen molar-refractivity contribution in [2.24, 2.45) is 5.73 Å². The molecule has 1 unspecified atom stereocenters. The number of hydrogen-bond acceptors (Lipinski definition) is 8. The van der Waals surface area contributed by atoms with Gasteiger partial charge in [0, 0.05) is 23.9 Å². The van der Waals surface area contributed by atoms with Gasteiger partial charge in [-0.1, -0.05) is 6.92 Å². The van der Waals surface area contributed by atoms with Gasteiger partial charge in [-0.2, -0.15) is 0 Å². The number of nitrogens with one attached hydrogen (secondary N) is 1. The summed E-state index contributed by atoms with van der Waals surface area (Å²) in [5.74, 6) is 0.379.